The molecule has 2 atom stereocenters. The van der Waals surface area contributed by atoms with Crippen LogP contribution in [0.5, 0.6) is 0 Å². The van der Waals surface area contributed by atoms with Crippen LogP contribution in [0.4, 0.5) is 0 Å². The quantitative estimate of drug-likeness (QED) is 0.520. The van der Waals surface area contributed by atoms with E-state index in [-0.39, 0.29) is 5.60 Å². The van der Waals surface area contributed by atoms with Gasteiger partial charge in [-0.15, -0.1) is 0 Å². The van der Waals surface area contributed by atoms with Gasteiger partial charge >= 0.3 is 0 Å². The van der Waals surface area contributed by atoms with Crippen molar-refractivity contribution in [3.63, 3.8) is 0 Å². The molecule has 1 aliphatic carbocycles. The SMILES string of the molecule is CC1C=C2C(C)(C)CCCC2(C)O1. The molecule has 0 spiro atoms. The first-order valence-electron chi connectivity index (χ1n) is 5.35. The van der Waals surface area contributed by atoms with Gasteiger partial charge in [0.25, 0.3) is 0 Å². The Morgan fingerprint density at radius 1 is 1.31 bits per heavy atom. The normalized spacial score (nSPS) is 42.8. The Balaban J connectivity index is 2.37. The van der Waals surface area contributed by atoms with Gasteiger partial charge in [-0.3, -0.25) is 0 Å². The van der Waals surface area contributed by atoms with E-state index in [0.717, 1.165) is 0 Å². The fourth-order valence-electron chi connectivity index (χ4n) is 3.06. The van der Waals surface area contributed by atoms with Crippen LogP contribution in [0.15, 0.2) is 11.6 Å². The predicted octanol–water partition coefficient (Wildman–Crippen LogP) is 3.30. The van der Waals surface area contributed by atoms with Gasteiger partial charge in [0.1, 0.15) is 0 Å². The van der Waals surface area contributed by atoms with E-state index in [2.05, 4.69) is 33.8 Å². The van der Waals surface area contributed by atoms with Crippen LogP contribution < -0.4 is 0 Å². The summed E-state index contributed by atoms with van der Waals surface area (Å²) in [5, 5.41) is 0. The number of ether oxygens (including phenoxy) is 1. The van der Waals surface area contributed by atoms with Crippen molar-refractivity contribution in [1.82, 2.24) is 0 Å². The van der Waals surface area contributed by atoms with E-state index >= 15 is 0 Å². The Kier molecular flexibility index (Phi) is 1.85. The Hall–Kier alpha value is -0.300. The standard InChI is InChI=1S/C12H20O/c1-9-8-10-11(2,3)6-5-7-12(10,4)13-9/h8-9H,5-7H2,1-4H3. The van der Waals surface area contributed by atoms with Crippen LogP contribution >= 0.6 is 0 Å². The zero-order valence-corrected chi connectivity index (χ0v) is 9.18. The lowest BCUT2D eigenvalue weighted by molar-refractivity contribution is -0.0365. The number of hydrogen-bond acceptors (Lipinski definition) is 1. The summed E-state index contributed by atoms with van der Waals surface area (Å²) in [5.74, 6) is 0. The summed E-state index contributed by atoms with van der Waals surface area (Å²) < 4.78 is 6.00. The van der Waals surface area contributed by atoms with Crippen LogP contribution in [0.1, 0.15) is 47.0 Å². The van der Waals surface area contributed by atoms with Crippen molar-refractivity contribution in [2.24, 2.45) is 5.41 Å². The molecular weight excluding hydrogens is 160 g/mol. The summed E-state index contributed by atoms with van der Waals surface area (Å²) in [4.78, 5) is 0. The van der Waals surface area contributed by atoms with Gasteiger partial charge in [-0.05, 0) is 44.1 Å². The maximum absolute atomic E-state index is 6.00. The average molecular weight is 180 g/mol. The number of rotatable bonds is 0. The fraction of sp³-hybridized carbons (Fsp3) is 0.833. The minimum Gasteiger partial charge on any atom is -0.364 e. The van der Waals surface area contributed by atoms with Gasteiger partial charge in [0.05, 0.1) is 11.7 Å². The molecule has 0 saturated heterocycles. The highest BCUT2D eigenvalue weighted by Gasteiger charge is 2.46. The predicted molar refractivity (Wildman–Crippen MR) is 54.7 cm³/mol. The zero-order chi connectivity index (χ0) is 9.69. The molecule has 0 aromatic rings. The Morgan fingerprint density at radius 2 is 2.00 bits per heavy atom. The van der Waals surface area contributed by atoms with Crippen molar-refractivity contribution >= 4 is 0 Å². The second-order valence-corrected chi connectivity index (χ2v) is 5.37. The molecule has 1 fully saturated rings. The molecule has 1 saturated carbocycles. The van der Waals surface area contributed by atoms with Crippen LogP contribution in [0.25, 0.3) is 0 Å². The summed E-state index contributed by atoms with van der Waals surface area (Å²) >= 11 is 0. The van der Waals surface area contributed by atoms with Crippen molar-refractivity contribution in [1.29, 1.82) is 0 Å². The highest BCUT2D eigenvalue weighted by molar-refractivity contribution is 5.30. The van der Waals surface area contributed by atoms with E-state index in [0.29, 0.717) is 11.5 Å². The summed E-state index contributed by atoms with van der Waals surface area (Å²) in [6, 6.07) is 0. The molecule has 0 radical (unpaired) electrons. The van der Waals surface area contributed by atoms with E-state index in [4.69, 9.17) is 4.74 Å². The highest BCUT2D eigenvalue weighted by Crippen LogP contribution is 2.50. The third-order valence-corrected chi connectivity index (χ3v) is 3.60. The van der Waals surface area contributed by atoms with Gasteiger partial charge < -0.3 is 4.74 Å². The summed E-state index contributed by atoms with van der Waals surface area (Å²) in [7, 11) is 0. The van der Waals surface area contributed by atoms with Crippen molar-refractivity contribution in [3.8, 4) is 0 Å². The van der Waals surface area contributed by atoms with Gasteiger partial charge in [-0.1, -0.05) is 19.9 Å². The smallest absolute Gasteiger partial charge is 0.0877 e. The first kappa shape index (κ1) is 9.26. The molecule has 1 aliphatic heterocycles. The van der Waals surface area contributed by atoms with E-state index in [1.165, 1.54) is 19.3 Å². The molecule has 74 valence electrons. The third kappa shape index (κ3) is 1.34. The molecule has 1 nitrogen and oxygen atoms in total. The first-order chi connectivity index (χ1) is 5.94. The molecular formula is C12H20O. The Morgan fingerprint density at radius 3 is 2.62 bits per heavy atom. The van der Waals surface area contributed by atoms with Crippen LogP contribution in [0.2, 0.25) is 0 Å². The largest absolute Gasteiger partial charge is 0.364 e. The Labute approximate surface area is 81.2 Å². The molecule has 0 amide bonds. The van der Waals surface area contributed by atoms with Crippen molar-refractivity contribution in [2.75, 3.05) is 0 Å². The van der Waals surface area contributed by atoms with Crippen molar-refractivity contribution in [3.05, 3.63) is 11.6 Å². The molecule has 0 aromatic carbocycles. The maximum atomic E-state index is 6.00. The lowest BCUT2D eigenvalue weighted by Crippen LogP contribution is -2.39. The minimum absolute atomic E-state index is 0.0567. The molecule has 13 heavy (non-hydrogen) atoms. The average Bonchev–Trinajstić information content (AvgIpc) is 2.25. The Bertz CT molecular complexity index is 252. The monoisotopic (exact) mass is 180 g/mol. The van der Waals surface area contributed by atoms with Gasteiger partial charge in [0.15, 0.2) is 0 Å². The second kappa shape index (κ2) is 2.60. The number of fused-ring (bicyclic) bond motifs is 1. The molecule has 2 aliphatic rings. The van der Waals surface area contributed by atoms with Crippen LogP contribution in [0, 0.1) is 5.41 Å². The molecule has 1 heteroatoms. The topological polar surface area (TPSA) is 9.23 Å². The lowest BCUT2D eigenvalue weighted by Gasteiger charge is -2.42. The maximum Gasteiger partial charge on any atom is 0.0877 e. The van der Waals surface area contributed by atoms with E-state index in [9.17, 15) is 0 Å². The van der Waals surface area contributed by atoms with Gasteiger partial charge in [0, 0.05) is 0 Å². The third-order valence-electron chi connectivity index (χ3n) is 3.60. The van der Waals surface area contributed by atoms with Crippen LogP contribution in [0.3, 0.4) is 0 Å². The van der Waals surface area contributed by atoms with E-state index in [1.54, 1.807) is 5.57 Å². The lowest BCUT2D eigenvalue weighted by atomic mass is 9.67. The van der Waals surface area contributed by atoms with E-state index in [1.807, 2.05) is 0 Å². The second-order valence-electron chi connectivity index (χ2n) is 5.37. The summed E-state index contributed by atoms with van der Waals surface area (Å²) in [6.45, 7) is 9.09. The zero-order valence-electron chi connectivity index (χ0n) is 9.18. The van der Waals surface area contributed by atoms with Crippen molar-refractivity contribution < 1.29 is 4.74 Å². The first-order valence-corrected chi connectivity index (χ1v) is 5.35. The van der Waals surface area contributed by atoms with Crippen molar-refractivity contribution in [2.45, 2.75) is 58.7 Å². The minimum atomic E-state index is 0.0567. The molecule has 1 heterocycles. The van der Waals surface area contributed by atoms with E-state index < -0.39 is 0 Å². The van der Waals surface area contributed by atoms with Gasteiger partial charge in [-0.25, -0.2) is 0 Å². The van der Waals surface area contributed by atoms with Crippen LogP contribution in [-0.2, 0) is 4.74 Å². The van der Waals surface area contributed by atoms with Gasteiger partial charge in [0.2, 0.25) is 0 Å². The summed E-state index contributed by atoms with van der Waals surface area (Å²) in [5.41, 5.74) is 1.96. The fourth-order valence-corrected chi connectivity index (χ4v) is 3.06. The highest BCUT2D eigenvalue weighted by atomic mass is 16.5. The molecule has 0 aromatic heterocycles. The summed E-state index contributed by atoms with van der Waals surface area (Å²) in [6.07, 6.45) is 6.46. The number of hydrogen-bond donors (Lipinski definition) is 0. The van der Waals surface area contributed by atoms with Gasteiger partial charge in [-0.2, -0.15) is 0 Å². The molecule has 0 bridgehead atoms. The molecule has 0 N–H and O–H groups in total. The van der Waals surface area contributed by atoms with Crippen LogP contribution in [-0.4, -0.2) is 11.7 Å². The molecule has 2 rings (SSSR count). The molecule has 2 unspecified atom stereocenters.